The van der Waals surface area contributed by atoms with E-state index in [4.69, 9.17) is 5.11 Å². The summed E-state index contributed by atoms with van der Waals surface area (Å²) in [6.45, 7) is 5.28. The molecule has 6 nitrogen and oxygen atoms in total. The number of carboxylic acid groups (broad SMARTS) is 1. The summed E-state index contributed by atoms with van der Waals surface area (Å²) in [5.74, 6) is -1.68. The molecule has 0 saturated heterocycles. The number of rotatable bonds is 5. The Balaban J connectivity index is 2.25. The number of carbonyl (C=O) groups is 2. The van der Waals surface area contributed by atoms with Crippen molar-refractivity contribution < 1.29 is 14.7 Å². The Morgan fingerprint density at radius 3 is 2.41 bits per heavy atom. The Hall–Kier alpha value is -2.63. The number of carboxylic acids is 1. The number of para-hydroxylation sites is 1. The highest BCUT2D eigenvalue weighted by Crippen LogP contribution is 2.14. The van der Waals surface area contributed by atoms with Crippen LogP contribution in [0.1, 0.15) is 29.9 Å². The van der Waals surface area contributed by atoms with E-state index in [1.54, 1.807) is 25.5 Å². The molecular weight excluding hydrogens is 282 g/mol. The van der Waals surface area contributed by atoms with E-state index in [1.807, 2.05) is 30.3 Å². The van der Waals surface area contributed by atoms with Crippen LogP contribution in [0.2, 0.25) is 0 Å². The maximum Gasteiger partial charge on any atom is 0.326 e. The molecule has 0 bridgehead atoms. The van der Waals surface area contributed by atoms with Crippen LogP contribution in [0, 0.1) is 12.8 Å². The van der Waals surface area contributed by atoms with Gasteiger partial charge in [-0.15, -0.1) is 0 Å². The first-order valence-electron chi connectivity index (χ1n) is 7.05. The van der Waals surface area contributed by atoms with Crippen molar-refractivity contribution in [3.05, 3.63) is 47.8 Å². The molecule has 0 fully saturated rings. The van der Waals surface area contributed by atoms with E-state index in [0.717, 1.165) is 5.69 Å². The monoisotopic (exact) mass is 301 g/mol. The highest BCUT2D eigenvalue weighted by molar-refractivity contribution is 5.97. The second kappa shape index (κ2) is 6.43. The van der Waals surface area contributed by atoms with Crippen molar-refractivity contribution in [3.8, 4) is 5.69 Å². The zero-order valence-electron chi connectivity index (χ0n) is 12.8. The predicted octanol–water partition coefficient (Wildman–Crippen LogP) is 2.02. The molecule has 0 unspecified atom stereocenters. The number of nitrogens with zero attached hydrogens (tertiary/aromatic N) is 2. The van der Waals surface area contributed by atoms with Crippen LogP contribution >= 0.6 is 0 Å². The van der Waals surface area contributed by atoms with Crippen molar-refractivity contribution >= 4 is 11.9 Å². The normalized spacial score (nSPS) is 12.2. The molecule has 0 aliphatic heterocycles. The van der Waals surface area contributed by atoms with Crippen LogP contribution in [-0.4, -0.2) is 32.8 Å². The first-order valence-corrected chi connectivity index (χ1v) is 7.05. The number of aliphatic carboxylic acids is 1. The smallest absolute Gasteiger partial charge is 0.326 e. The van der Waals surface area contributed by atoms with Gasteiger partial charge < -0.3 is 10.4 Å². The third-order valence-corrected chi connectivity index (χ3v) is 3.47. The highest BCUT2D eigenvalue weighted by Gasteiger charge is 2.25. The van der Waals surface area contributed by atoms with E-state index in [2.05, 4.69) is 10.4 Å². The SMILES string of the molecule is Cc1c(C(=O)N[C@H](C(=O)O)C(C)C)cnn1-c1ccccc1. The molecular formula is C16H19N3O3. The van der Waals surface area contributed by atoms with Crippen molar-refractivity contribution in [3.63, 3.8) is 0 Å². The molecule has 0 spiro atoms. The summed E-state index contributed by atoms with van der Waals surface area (Å²) < 4.78 is 1.65. The molecule has 2 aromatic rings. The summed E-state index contributed by atoms with van der Waals surface area (Å²) >= 11 is 0. The fourth-order valence-corrected chi connectivity index (χ4v) is 2.19. The Labute approximate surface area is 128 Å². The fourth-order valence-electron chi connectivity index (χ4n) is 2.19. The molecule has 1 heterocycles. The highest BCUT2D eigenvalue weighted by atomic mass is 16.4. The minimum Gasteiger partial charge on any atom is -0.480 e. The fraction of sp³-hybridized carbons (Fsp3) is 0.312. The minimum atomic E-state index is -1.04. The molecule has 1 amide bonds. The second-order valence-corrected chi connectivity index (χ2v) is 5.42. The average Bonchev–Trinajstić information content (AvgIpc) is 2.86. The Kier molecular flexibility index (Phi) is 4.60. The van der Waals surface area contributed by atoms with Gasteiger partial charge in [0.25, 0.3) is 5.91 Å². The molecule has 116 valence electrons. The van der Waals surface area contributed by atoms with Crippen molar-refractivity contribution in [2.24, 2.45) is 5.92 Å². The summed E-state index contributed by atoms with van der Waals surface area (Å²) in [7, 11) is 0. The topological polar surface area (TPSA) is 84.2 Å². The molecule has 2 N–H and O–H groups in total. The molecule has 1 aromatic heterocycles. The Morgan fingerprint density at radius 2 is 1.86 bits per heavy atom. The van der Waals surface area contributed by atoms with Crippen LogP contribution in [0.15, 0.2) is 36.5 Å². The van der Waals surface area contributed by atoms with Gasteiger partial charge in [-0.1, -0.05) is 32.0 Å². The maximum absolute atomic E-state index is 12.3. The number of hydrogen-bond donors (Lipinski definition) is 2. The third-order valence-electron chi connectivity index (χ3n) is 3.47. The zero-order valence-corrected chi connectivity index (χ0v) is 12.8. The number of aromatic nitrogens is 2. The van der Waals surface area contributed by atoms with Gasteiger partial charge in [-0.3, -0.25) is 4.79 Å². The third kappa shape index (κ3) is 3.16. The summed E-state index contributed by atoms with van der Waals surface area (Å²) in [6, 6.07) is 8.51. The summed E-state index contributed by atoms with van der Waals surface area (Å²) in [6.07, 6.45) is 1.46. The Bertz CT molecular complexity index is 677. The van der Waals surface area contributed by atoms with Crippen LogP contribution < -0.4 is 5.32 Å². The molecule has 0 radical (unpaired) electrons. The lowest BCUT2D eigenvalue weighted by atomic mass is 10.0. The number of carbonyl (C=O) groups excluding carboxylic acids is 1. The van der Waals surface area contributed by atoms with Crippen LogP contribution in [0.5, 0.6) is 0 Å². The van der Waals surface area contributed by atoms with Gasteiger partial charge >= 0.3 is 5.97 Å². The number of amides is 1. The second-order valence-electron chi connectivity index (χ2n) is 5.42. The Morgan fingerprint density at radius 1 is 1.23 bits per heavy atom. The lowest BCUT2D eigenvalue weighted by Gasteiger charge is -2.17. The lowest BCUT2D eigenvalue weighted by molar-refractivity contribution is -0.140. The largest absolute Gasteiger partial charge is 0.480 e. The van der Waals surface area contributed by atoms with E-state index in [9.17, 15) is 9.59 Å². The summed E-state index contributed by atoms with van der Waals surface area (Å²) in [5, 5.41) is 15.9. The van der Waals surface area contributed by atoms with E-state index in [0.29, 0.717) is 11.3 Å². The quantitative estimate of drug-likeness (QED) is 0.885. The van der Waals surface area contributed by atoms with E-state index in [1.165, 1.54) is 6.20 Å². The van der Waals surface area contributed by atoms with E-state index >= 15 is 0 Å². The van der Waals surface area contributed by atoms with Crippen LogP contribution in [0.4, 0.5) is 0 Å². The van der Waals surface area contributed by atoms with Gasteiger partial charge in [-0.2, -0.15) is 5.10 Å². The molecule has 6 heteroatoms. The van der Waals surface area contributed by atoms with Crippen LogP contribution in [0.3, 0.4) is 0 Å². The van der Waals surface area contributed by atoms with Crippen molar-refractivity contribution in [2.45, 2.75) is 26.8 Å². The van der Waals surface area contributed by atoms with Crippen molar-refractivity contribution in [1.29, 1.82) is 0 Å². The summed E-state index contributed by atoms with van der Waals surface area (Å²) in [4.78, 5) is 23.5. The predicted molar refractivity (Wildman–Crippen MR) is 82.0 cm³/mol. The van der Waals surface area contributed by atoms with Crippen molar-refractivity contribution in [1.82, 2.24) is 15.1 Å². The van der Waals surface area contributed by atoms with Gasteiger partial charge in [-0.05, 0) is 25.0 Å². The molecule has 0 aliphatic carbocycles. The van der Waals surface area contributed by atoms with Gasteiger partial charge in [0.05, 0.1) is 23.1 Å². The number of nitrogens with one attached hydrogen (secondary N) is 1. The average molecular weight is 301 g/mol. The molecule has 1 atom stereocenters. The molecule has 0 saturated carbocycles. The minimum absolute atomic E-state index is 0.203. The van der Waals surface area contributed by atoms with Crippen LogP contribution in [-0.2, 0) is 4.79 Å². The van der Waals surface area contributed by atoms with Gasteiger partial charge in [0.2, 0.25) is 0 Å². The van der Waals surface area contributed by atoms with Crippen LogP contribution in [0.25, 0.3) is 5.69 Å². The van der Waals surface area contributed by atoms with Gasteiger partial charge in [0, 0.05) is 0 Å². The molecule has 1 aromatic carbocycles. The van der Waals surface area contributed by atoms with Gasteiger partial charge in [0.15, 0.2) is 0 Å². The van der Waals surface area contributed by atoms with E-state index < -0.39 is 17.9 Å². The number of hydrogen-bond acceptors (Lipinski definition) is 3. The first kappa shape index (κ1) is 15.8. The molecule has 0 aliphatic rings. The molecule has 2 rings (SSSR count). The summed E-state index contributed by atoms with van der Waals surface area (Å²) in [5.41, 5.74) is 1.88. The molecule has 22 heavy (non-hydrogen) atoms. The number of benzene rings is 1. The first-order chi connectivity index (χ1) is 10.4. The zero-order chi connectivity index (χ0) is 16.3. The van der Waals surface area contributed by atoms with Crippen molar-refractivity contribution in [2.75, 3.05) is 0 Å². The maximum atomic E-state index is 12.3. The van der Waals surface area contributed by atoms with E-state index in [-0.39, 0.29) is 5.92 Å². The standard InChI is InChI=1S/C16H19N3O3/c1-10(2)14(16(21)22)18-15(20)13-9-17-19(11(13)3)12-7-5-4-6-8-12/h4-10,14H,1-3H3,(H,18,20)(H,21,22)/t14-/m0/s1. The van der Waals surface area contributed by atoms with Gasteiger partial charge in [-0.25, -0.2) is 9.48 Å². The lowest BCUT2D eigenvalue weighted by Crippen LogP contribution is -2.44. The van der Waals surface area contributed by atoms with Gasteiger partial charge in [0.1, 0.15) is 6.04 Å².